The van der Waals surface area contributed by atoms with Crippen molar-refractivity contribution in [3.63, 3.8) is 0 Å². The van der Waals surface area contributed by atoms with E-state index in [9.17, 15) is 9.50 Å². The molecule has 5 heteroatoms. The zero-order valence-electron chi connectivity index (χ0n) is 10.9. The molecule has 1 aromatic carbocycles. The monoisotopic (exact) mass is 257 g/mol. The van der Waals surface area contributed by atoms with Gasteiger partial charge < -0.3 is 19.5 Å². The number of ether oxygens (including phenoxy) is 2. The van der Waals surface area contributed by atoms with Crippen LogP contribution in [0, 0.1) is 5.82 Å². The highest BCUT2D eigenvalue weighted by Crippen LogP contribution is 2.24. The molecule has 1 rings (SSSR count). The van der Waals surface area contributed by atoms with Gasteiger partial charge in [0.15, 0.2) is 0 Å². The quantitative estimate of drug-likeness (QED) is 0.764. The molecule has 0 aromatic heterocycles. The average molecular weight is 257 g/mol. The lowest BCUT2D eigenvalue weighted by atomic mass is 10.1. The Balaban J connectivity index is 2.94. The first-order valence-electron chi connectivity index (χ1n) is 5.85. The molecule has 0 fully saturated rings. The van der Waals surface area contributed by atoms with Crippen molar-refractivity contribution in [3.05, 3.63) is 29.6 Å². The van der Waals surface area contributed by atoms with Gasteiger partial charge in [-0.1, -0.05) is 12.1 Å². The van der Waals surface area contributed by atoms with Crippen molar-refractivity contribution >= 4 is 5.69 Å². The average Bonchev–Trinajstić information content (AvgIpc) is 2.39. The number of para-hydroxylation sites is 1. The van der Waals surface area contributed by atoms with E-state index in [0.717, 1.165) is 0 Å². The maximum Gasteiger partial charge on any atom is 0.146 e. The molecule has 0 aliphatic rings. The van der Waals surface area contributed by atoms with Gasteiger partial charge in [-0.05, 0) is 6.07 Å². The predicted octanol–water partition coefficient (Wildman–Crippen LogP) is 1.42. The van der Waals surface area contributed by atoms with Crippen molar-refractivity contribution in [3.8, 4) is 0 Å². The Hall–Kier alpha value is -1.17. The number of hydrogen-bond donors (Lipinski definition) is 1. The highest BCUT2D eigenvalue weighted by atomic mass is 19.1. The number of aliphatic hydroxyl groups is 1. The van der Waals surface area contributed by atoms with Crippen LogP contribution >= 0.6 is 0 Å². The molecule has 0 unspecified atom stereocenters. The Labute approximate surface area is 107 Å². The molecule has 18 heavy (non-hydrogen) atoms. The molecule has 0 saturated heterocycles. The maximum absolute atomic E-state index is 13.9. The third-order valence-corrected chi connectivity index (χ3v) is 2.69. The highest BCUT2D eigenvalue weighted by molar-refractivity contribution is 5.54. The second-order valence-corrected chi connectivity index (χ2v) is 3.88. The molecular weight excluding hydrogens is 237 g/mol. The van der Waals surface area contributed by atoms with Crippen molar-refractivity contribution in [2.45, 2.75) is 6.61 Å². The summed E-state index contributed by atoms with van der Waals surface area (Å²) < 4.78 is 23.9. The van der Waals surface area contributed by atoms with Gasteiger partial charge in [-0.25, -0.2) is 4.39 Å². The zero-order chi connectivity index (χ0) is 13.4. The van der Waals surface area contributed by atoms with Gasteiger partial charge in [-0.15, -0.1) is 0 Å². The molecular formula is C13H20FNO3. The first-order valence-corrected chi connectivity index (χ1v) is 5.85. The number of aliphatic hydroxyl groups excluding tert-OH is 1. The molecule has 0 saturated carbocycles. The van der Waals surface area contributed by atoms with Crippen molar-refractivity contribution in [2.24, 2.45) is 0 Å². The molecule has 102 valence electrons. The number of methoxy groups -OCH3 is 2. The van der Waals surface area contributed by atoms with Crippen LogP contribution in [0.1, 0.15) is 5.56 Å². The Morgan fingerprint density at radius 2 is 1.78 bits per heavy atom. The lowest BCUT2D eigenvalue weighted by Gasteiger charge is -2.26. The summed E-state index contributed by atoms with van der Waals surface area (Å²) in [6.07, 6.45) is 0. The van der Waals surface area contributed by atoms with Gasteiger partial charge >= 0.3 is 0 Å². The summed E-state index contributed by atoms with van der Waals surface area (Å²) >= 11 is 0. The maximum atomic E-state index is 13.9. The summed E-state index contributed by atoms with van der Waals surface area (Å²) in [7, 11) is 3.20. The normalized spacial score (nSPS) is 10.7. The lowest BCUT2D eigenvalue weighted by Crippen LogP contribution is -2.32. The van der Waals surface area contributed by atoms with Crippen LogP contribution in [-0.4, -0.2) is 45.6 Å². The third-order valence-electron chi connectivity index (χ3n) is 2.69. The third kappa shape index (κ3) is 3.94. The predicted molar refractivity (Wildman–Crippen MR) is 68.3 cm³/mol. The van der Waals surface area contributed by atoms with Gasteiger partial charge in [0.25, 0.3) is 0 Å². The van der Waals surface area contributed by atoms with Gasteiger partial charge in [-0.2, -0.15) is 0 Å². The highest BCUT2D eigenvalue weighted by Gasteiger charge is 2.15. The molecule has 0 heterocycles. The van der Waals surface area contributed by atoms with E-state index in [2.05, 4.69) is 0 Å². The van der Waals surface area contributed by atoms with Crippen molar-refractivity contribution in [2.75, 3.05) is 45.4 Å². The molecule has 0 aliphatic carbocycles. The fourth-order valence-electron chi connectivity index (χ4n) is 1.78. The fraction of sp³-hybridized carbons (Fsp3) is 0.538. The lowest BCUT2D eigenvalue weighted by molar-refractivity contribution is 0.189. The van der Waals surface area contributed by atoms with Crippen molar-refractivity contribution < 1.29 is 19.0 Å². The number of anilines is 1. The molecule has 0 atom stereocenters. The number of hydrogen-bond acceptors (Lipinski definition) is 4. The second-order valence-electron chi connectivity index (χ2n) is 3.88. The summed E-state index contributed by atoms with van der Waals surface area (Å²) in [4.78, 5) is 1.83. The van der Waals surface area contributed by atoms with Crippen LogP contribution < -0.4 is 4.90 Å². The minimum atomic E-state index is -0.339. The van der Waals surface area contributed by atoms with E-state index < -0.39 is 0 Å². The second kappa shape index (κ2) is 8.02. The van der Waals surface area contributed by atoms with Crippen molar-refractivity contribution in [1.29, 1.82) is 0 Å². The molecule has 0 spiro atoms. The van der Waals surface area contributed by atoms with Crippen LogP contribution in [0.15, 0.2) is 18.2 Å². The van der Waals surface area contributed by atoms with E-state index >= 15 is 0 Å². The van der Waals surface area contributed by atoms with E-state index in [1.54, 1.807) is 26.4 Å². The Morgan fingerprint density at radius 3 is 2.28 bits per heavy atom. The van der Waals surface area contributed by atoms with Gasteiger partial charge in [-0.3, -0.25) is 0 Å². The molecule has 0 amide bonds. The van der Waals surface area contributed by atoms with Crippen LogP contribution in [0.4, 0.5) is 10.1 Å². The summed E-state index contributed by atoms with van der Waals surface area (Å²) in [6.45, 7) is 1.89. The van der Waals surface area contributed by atoms with Crippen LogP contribution in [0.2, 0.25) is 0 Å². The summed E-state index contributed by atoms with van der Waals surface area (Å²) in [6, 6.07) is 4.70. The Bertz CT molecular complexity index is 352. The summed E-state index contributed by atoms with van der Waals surface area (Å²) in [5.74, 6) is -0.339. The van der Waals surface area contributed by atoms with Crippen LogP contribution in [-0.2, 0) is 16.1 Å². The van der Waals surface area contributed by atoms with Crippen LogP contribution in [0.5, 0.6) is 0 Å². The number of benzene rings is 1. The first-order chi connectivity index (χ1) is 8.74. The van der Waals surface area contributed by atoms with Gasteiger partial charge in [0.05, 0.1) is 25.5 Å². The first kappa shape index (κ1) is 14.9. The van der Waals surface area contributed by atoms with E-state index in [1.807, 2.05) is 4.90 Å². The molecule has 0 aliphatic heterocycles. The van der Waals surface area contributed by atoms with Crippen molar-refractivity contribution in [1.82, 2.24) is 0 Å². The number of halogens is 1. The van der Waals surface area contributed by atoms with Gasteiger partial charge in [0, 0.05) is 32.9 Å². The minimum Gasteiger partial charge on any atom is -0.392 e. The molecule has 1 N–H and O–H groups in total. The SMILES string of the molecule is COCCN(CCOC)c1c(F)cccc1CO. The standard InChI is InChI=1S/C13H20FNO3/c1-17-8-6-15(7-9-18-2)13-11(10-16)4-3-5-12(13)14/h3-5,16H,6-10H2,1-2H3. The molecule has 0 radical (unpaired) electrons. The van der Waals surface area contributed by atoms with Gasteiger partial charge in [0.2, 0.25) is 0 Å². The van der Waals surface area contributed by atoms with Crippen LogP contribution in [0.25, 0.3) is 0 Å². The fourth-order valence-corrected chi connectivity index (χ4v) is 1.78. The number of nitrogens with zero attached hydrogens (tertiary/aromatic N) is 1. The largest absolute Gasteiger partial charge is 0.392 e. The van der Waals surface area contributed by atoms with E-state index in [1.165, 1.54) is 6.07 Å². The van der Waals surface area contributed by atoms with Crippen LogP contribution in [0.3, 0.4) is 0 Å². The Kier molecular flexibility index (Phi) is 6.64. The summed E-state index contributed by atoms with van der Waals surface area (Å²) in [5.41, 5.74) is 0.997. The Morgan fingerprint density at radius 1 is 1.17 bits per heavy atom. The summed E-state index contributed by atoms with van der Waals surface area (Å²) in [5, 5.41) is 9.29. The van der Waals surface area contributed by atoms with E-state index in [0.29, 0.717) is 37.6 Å². The molecule has 0 bridgehead atoms. The van der Waals surface area contributed by atoms with Gasteiger partial charge in [0.1, 0.15) is 5.82 Å². The zero-order valence-corrected chi connectivity index (χ0v) is 10.9. The minimum absolute atomic E-state index is 0.191. The molecule has 4 nitrogen and oxygen atoms in total. The topological polar surface area (TPSA) is 41.9 Å². The number of rotatable bonds is 8. The van der Waals surface area contributed by atoms with E-state index in [-0.39, 0.29) is 12.4 Å². The van der Waals surface area contributed by atoms with E-state index in [4.69, 9.17) is 9.47 Å². The smallest absolute Gasteiger partial charge is 0.146 e. The molecule has 1 aromatic rings.